The lowest BCUT2D eigenvalue weighted by molar-refractivity contribution is -0.0102. The maximum atomic E-state index is 10.8. The number of carbonyl (C=O) groups is 1. The average Bonchev–Trinajstić information content (AvgIpc) is 2.52. The van der Waals surface area contributed by atoms with Crippen molar-refractivity contribution in [1.82, 2.24) is 4.90 Å². The molecule has 1 atom stereocenters. The first kappa shape index (κ1) is 15.8. The predicted octanol–water partition coefficient (Wildman–Crippen LogP) is 2.26. The van der Waals surface area contributed by atoms with Gasteiger partial charge < -0.3 is 14.6 Å². The van der Waals surface area contributed by atoms with E-state index in [2.05, 4.69) is 11.8 Å². The second-order valence-corrected chi connectivity index (χ2v) is 5.20. The van der Waals surface area contributed by atoms with Gasteiger partial charge in [-0.1, -0.05) is 6.92 Å². The van der Waals surface area contributed by atoms with Gasteiger partial charge in [-0.25, -0.2) is 4.79 Å². The van der Waals surface area contributed by atoms with E-state index in [4.69, 9.17) is 14.6 Å². The Balaban J connectivity index is 1.70. The lowest BCUT2D eigenvalue weighted by Gasteiger charge is -2.34. The third kappa shape index (κ3) is 4.72. The zero-order chi connectivity index (χ0) is 15.1. The first-order chi connectivity index (χ1) is 10.2. The Labute approximate surface area is 125 Å². The molecule has 1 unspecified atom stereocenters. The van der Waals surface area contributed by atoms with Gasteiger partial charge in [0.15, 0.2) is 0 Å². The quantitative estimate of drug-likeness (QED) is 0.781. The van der Waals surface area contributed by atoms with Crippen LogP contribution in [0.2, 0.25) is 0 Å². The third-order valence-corrected chi connectivity index (χ3v) is 3.78. The Kier molecular flexibility index (Phi) is 6.02. The molecule has 5 heteroatoms. The zero-order valence-corrected chi connectivity index (χ0v) is 12.5. The molecule has 1 heterocycles. The van der Waals surface area contributed by atoms with Crippen LogP contribution in [0.15, 0.2) is 24.3 Å². The summed E-state index contributed by atoms with van der Waals surface area (Å²) in [6.07, 6.45) is 2.06. The van der Waals surface area contributed by atoms with Crippen LogP contribution in [0.4, 0.5) is 0 Å². The normalized spacial score (nSPS) is 19.4. The first-order valence-corrected chi connectivity index (χ1v) is 7.48. The summed E-state index contributed by atoms with van der Waals surface area (Å²) >= 11 is 0. The molecule has 0 saturated carbocycles. The molecule has 1 aliphatic rings. The number of carboxylic acids is 1. The predicted molar refractivity (Wildman–Crippen MR) is 80.0 cm³/mol. The summed E-state index contributed by atoms with van der Waals surface area (Å²) in [5.41, 5.74) is 0.279. The SMILES string of the molecule is CCC1COCCN1CCCOc1ccc(C(=O)O)cc1. The smallest absolute Gasteiger partial charge is 0.335 e. The zero-order valence-electron chi connectivity index (χ0n) is 12.5. The van der Waals surface area contributed by atoms with E-state index in [0.717, 1.165) is 39.1 Å². The van der Waals surface area contributed by atoms with Gasteiger partial charge in [0, 0.05) is 19.1 Å². The molecule has 1 aromatic rings. The van der Waals surface area contributed by atoms with Crippen LogP contribution < -0.4 is 4.74 Å². The molecule has 116 valence electrons. The second kappa shape index (κ2) is 8.00. The van der Waals surface area contributed by atoms with E-state index in [0.29, 0.717) is 18.4 Å². The van der Waals surface area contributed by atoms with Crippen molar-refractivity contribution in [3.63, 3.8) is 0 Å². The summed E-state index contributed by atoms with van der Waals surface area (Å²) in [5.74, 6) is -0.200. The lowest BCUT2D eigenvalue weighted by atomic mass is 10.1. The highest BCUT2D eigenvalue weighted by Gasteiger charge is 2.20. The highest BCUT2D eigenvalue weighted by Crippen LogP contribution is 2.14. The summed E-state index contributed by atoms with van der Waals surface area (Å²) in [5, 5.41) is 8.83. The minimum atomic E-state index is -0.917. The Bertz CT molecular complexity index is 446. The van der Waals surface area contributed by atoms with Crippen molar-refractivity contribution in [2.24, 2.45) is 0 Å². The fourth-order valence-corrected chi connectivity index (χ4v) is 2.51. The van der Waals surface area contributed by atoms with Crippen LogP contribution >= 0.6 is 0 Å². The molecular weight excluding hydrogens is 270 g/mol. The van der Waals surface area contributed by atoms with Gasteiger partial charge in [0.1, 0.15) is 5.75 Å². The van der Waals surface area contributed by atoms with Gasteiger partial charge in [0.05, 0.1) is 25.4 Å². The number of carboxylic acid groups (broad SMARTS) is 1. The van der Waals surface area contributed by atoms with Crippen molar-refractivity contribution in [3.05, 3.63) is 29.8 Å². The third-order valence-electron chi connectivity index (χ3n) is 3.78. The molecule has 0 spiro atoms. The average molecular weight is 293 g/mol. The highest BCUT2D eigenvalue weighted by atomic mass is 16.5. The van der Waals surface area contributed by atoms with Crippen LogP contribution in [0.25, 0.3) is 0 Å². The van der Waals surface area contributed by atoms with E-state index in [9.17, 15) is 4.79 Å². The molecule has 0 amide bonds. The van der Waals surface area contributed by atoms with Crippen LogP contribution in [0, 0.1) is 0 Å². The van der Waals surface area contributed by atoms with Crippen molar-refractivity contribution in [2.45, 2.75) is 25.8 Å². The van der Waals surface area contributed by atoms with Crippen molar-refractivity contribution in [3.8, 4) is 5.75 Å². The van der Waals surface area contributed by atoms with Gasteiger partial charge >= 0.3 is 5.97 Å². The molecule has 1 saturated heterocycles. The van der Waals surface area contributed by atoms with Crippen molar-refractivity contribution < 1.29 is 19.4 Å². The molecular formula is C16H23NO4. The molecule has 0 aliphatic carbocycles. The van der Waals surface area contributed by atoms with Crippen molar-refractivity contribution >= 4 is 5.97 Å². The Morgan fingerprint density at radius 1 is 1.43 bits per heavy atom. The first-order valence-electron chi connectivity index (χ1n) is 7.48. The molecule has 0 aromatic heterocycles. The topological polar surface area (TPSA) is 59.0 Å². The molecule has 0 radical (unpaired) electrons. The summed E-state index contributed by atoms with van der Waals surface area (Å²) in [6, 6.07) is 7.05. The van der Waals surface area contributed by atoms with Gasteiger partial charge in [-0.15, -0.1) is 0 Å². The molecule has 21 heavy (non-hydrogen) atoms. The second-order valence-electron chi connectivity index (χ2n) is 5.20. The molecule has 1 N–H and O–H groups in total. The van der Waals surface area contributed by atoms with Crippen LogP contribution in [0.5, 0.6) is 5.75 Å². The number of aromatic carboxylic acids is 1. The number of benzene rings is 1. The summed E-state index contributed by atoms with van der Waals surface area (Å²) in [4.78, 5) is 13.2. The van der Waals surface area contributed by atoms with Crippen molar-refractivity contribution in [2.75, 3.05) is 32.9 Å². The summed E-state index contributed by atoms with van der Waals surface area (Å²) < 4.78 is 11.1. The number of rotatable bonds is 7. The monoisotopic (exact) mass is 293 g/mol. The van der Waals surface area contributed by atoms with Crippen LogP contribution in [-0.4, -0.2) is 54.9 Å². The van der Waals surface area contributed by atoms with Crippen LogP contribution in [0.1, 0.15) is 30.1 Å². The Morgan fingerprint density at radius 2 is 2.19 bits per heavy atom. The standard InChI is InChI=1S/C16H23NO4/c1-2-14-12-20-11-9-17(14)8-3-10-21-15-6-4-13(5-7-15)16(18)19/h4-7,14H,2-3,8-12H2,1H3,(H,18,19). The summed E-state index contributed by atoms with van der Waals surface area (Å²) in [6.45, 7) is 6.47. The minimum Gasteiger partial charge on any atom is -0.494 e. The summed E-state index contributed by atoms with van der Waals surface area (Å²) in [7, 11) is 0. The van der Waals surface area contributed by atoms with Crippen LogP contribution in [-0.2, 0) is 4.74 Å². The maximum Gasteiger partial charge on any atom is 0.335 e. The molecule has 1 aliphatic heterocycles. The molecule has 1 fully saturated rings. The maximum absolute atomic E-state index is 10.8. The van der Waals surface area contributed by atoms with Gasteiger partial charge in [-0.2, -0.15) is 0 Å². The lowest BCUT2D eigenvalue weighted by Crippen LogP contribution is -2.45. The van der Waals surface area contributed by atoms with Gasteiger partial charge in [-0.3, -0.25) is 4.90 Å². The van der Waals surface area contributed by atoms with E-state index in [-0.39, 0.29) is 5.56 Å². The minimum absolute atomic E-state index is 0.279. The van der Waals surface area contributed by atoms with E-state index in [1.54, 1.807) is 24.3 Å². The van der Waals surface area contributed by atoms with Crippen molar-refractivity contribution in [1.29, 1.82) is 0 Å². The van der Waals surface area contributed by atoms with E-state index < -0.39 is 5.97 Å². The fraction of sp³-hybridized carbons (Fsp3) is 0.562. The van der Waals surface area contributed by atoms with E-state index in [1.165, 1.54) is 0 Å². The van der Waals surface area contributed by atoms with E-state index in [1.807, 2.05) is 0 Å². The van der Waals surface area contributed by atoms with Gasteiger partial charge in [0.2, 0.25) is 0 Å². The number of ether oxygens (including phenoxy) is 2. The number of morpholine rings is 1. The molecule has 1 aromatic carbocycles. The molecule has 2 rings (SSSR count). The van der Waals surface area contributed by atoms with E-state index >= 15 is 0 Å². The van der Waals surface area contributed by atoms with Gasteiger partial charge in [-0.05, 0) is 37.1 Å². The number of hydrogen-bond acceptors (Lipinski definition) is 4. The highest BCUT2D eigenvalue weighted by molar-refractivity contribution is 5.87. The Hall–Kier alpha value is -1.59. The number of nitrogens with zero attached hydrogens (tertiary/aromatic N) is 1. The van der Waals surface area contributed by atoms with Gasteiger partial charge in [0.25, 0.3) is 0 Å². The fourth-order valence-electron chi connectivity index (χ4n) is 2.51. The van der Waals surface area contributed by atoms with Crippen LogP contribution in [0.3, 0.4) is 0 Å². The molecule has 5 nitrogen and oxygen atoms in total. The Morgan fingerprint density at radius 3 is 2.86 bits per heavy atom. The largest absolute Gasteiger partial charge is 0.494 e. The number of hydrogen-bond donors (Lipinski definition) is 1. The molecule has 0 bridgehead atoms.